The lowest BCUT2D eigenvalue weighted by Gasteiger charge is -2.27. The third kappa shape index (κ3) is 5.00. The Hall–Kier alpha value is -0.210. The Morgan fingerprint density at radius 3 is 2.74 bits per heavy atom. The molecule has 1 aromatic rings. The lowest BCUT2D eigenvalue weighted by atomic mass is 10.2. The molecule has 1 aliphatic heterocycles. The predicted molar refractivity (Wildman–Crippen MR) is 91.0 cm³/mol. The van der Waals surface area contributed by atoms with E-state index < -0.39 is 0 Å². The van der Waals surface area contributed by atoms with E-state index in [1.54, 1.807) is 12.1 Å². The lowest BCUT2D eigenvalue weighted by Crippen LogP contribution is -2.42. The molecule has 1 saturated heterocycles. The van der Waals surface area contributed by atoms with Gasteiger partial charge in [-0.25, -0.2) is 9.38 Å². The van der Waals surface area contributed by atoms with Crippen molar-refractivity contribution in [2.24, 2.45) is 10.7 Å². The summed E-state index contributed by atoms with van der Waals surface area (Å²) >= 11 is 7.60. The number of hydrogen-bond acceptors (Lipinski definition) is 2. The maximum absolute atomic E-state index is 13.5. The Morgan fingerprint density at radius 2 is 2.11 bits per heavy atom. The number of thioether (sulfide) groups is 1. The highest BCUT2D eigenvalue weighted by atomic mass is 127. The van der Waals surface area contributed by atoms with E-state index in [1.165, 1.54) is 6.07 Å². The van der Waals surface area contributed by atoms with Gasteiger partial charge in [-0.05, 0) is 12.1 Å². The van der Waals surface area contributed by atoms with Crippen molar-refractivity contribution in [3.8, 4) is 0 Å². The smallest absolute Gasteiger partial charge is 0.191 e. The summed E-state index contributed by atoms with van der Waals surface area (Å²) in [4.78, 5) is 6.27. The highest BCUT2D eigenvalue weighted by Crippen LogP contribution is 2.15. The molecule has 0 radical (unpaired) electrons. The molecular weight excluding hydrogens is 400 g/mol. The first-order valence-electron chi connectivity index (χ1n) is 5.73. The number of nitrogens with zero attached hydrogens (tertiary/aromatic N) is 2. The average Bonchev–Trinajstić information content (AvgIpc) is 2.38. The molecule has 0 bridgehead atoms. The number of benzene rings is 1. The van der Waals surface area contributed by atoms with Gasteiger partial charge in [0, 0.05) is 35.2 Å². The largest absolute Gasteiger partial charge is 0.370 e. The van der Waals surface area contributed by atoms with Crippen molar-refractivity contribution in [1.82, 2.24) is 4.90 Å². The van der Waals surface area contributed by atoms with Crippen molar-refractivity contribution < 1.29 is 4.39 Å². The van der Waals surface area contributed by atoms with Gasteiger partial charge in [-0.1, -0.05) is 17.7 Å². The standard InChI is InChI=1S/C12H15ClFN3S.HI/c13-10-2-1-9(11(14)7-10)8-16-12(15)17-3-5-18-6-4-17;/h1-2,7H,3-6,8H2,(H2,15,16);1H. The van der Waals surface area contributed by atoms with E-state index >= 15 is 0 Å². The van der Waals surface area contributed by atoms with Crippen molar-refractivity contribution in [1.29, 1.82) is 0 Å². The highest BCUT2D eigenvalue weighted by molar-refractivity contribution is 14.0. The molecule has 7 heteroatoms. The summed E-state index contributed by atoms with van der Waals surface area (Å²) in [6.07, 6.45) is 0. The van der Waals surface area contributed by atoms with Gasteiger partial charge in [0.25, 0.3) is 0 Å². The van der Waals surface area contributed by atoms with Gasteiger partial charge < -0.3 is 10.6 Å². The monoisotopic (exact) mass is 415 g/mol. The van der Waals surface area contributed by atoms with Crippen LogP contribution in [0.3, 0.4) is 0 Å². The molecule has 2 rings (SSSR count). The van der Waals surface area contributed by atoms with Crippen LogP contribution in [0, 0.1) is 5.82 Å². The molecule has 1 aromatic carbocycles. The van der Waals surface area contributed by atoms with Gasteiger partial charge in [-0.3, -0.25) is 0 Å². The molecule has 1 aliphatic rings. The molecular formula is C12H16ClFIN3S. The minimum Gasteiger partial charge on any atom is -0.370 e. The quantitative estimate of drug-likeness (QED) is 0.459. The van der Waals surface area contributed by atoms with Gasteiger partial charge >= 0.3 is 0 Å². The SMILES string of the molecule is I.NC(=NCc1ccc(Cl)cc1F)N1CCSCC1. The van der Waals surface area contributed by atoms with Crippen molar-refractivity contribution >= 4 is 53.3 Å². The summed E-state index contributed by atoms with van der Waals surface area (Å²) in [6, 6.07) is 4.59. The molecule has 0 spiro atoms. The molecule has 0 amide bonds. The van der Waals surface area contributed by atoms with Crippen LogP contribution in [0.2, 0.25) is 5.02 Å². The van der Waals surface area contributed by atoms with Gasteiger partial charge in [0.05, 0.1) is 6.54 Å². The van der Waals surface area contributed by atoms with E-state index in [2.05, 4.69) is 4.99 Å². The van der Waals surface area contributed by atoms with Crippen LogP contribution in [0.1, 0.15) is 5.56 Å². The van der Waals surface area contributed by atoms with Crippen LogP contribution >= 0.6 is 47.3 Å². The Labute approximate surface area is 138 Å². The first kappa shape index (κ1) is 16.8. The van der Waals surface area contributed by atoms with E-state index in [0.29, 0.717) is 16.5 Å². The maximum atomic E-state index is 13.5. The topological polar surface area (TPSA) is 41.6 Å². The maximum Gasteiger partial charge on any atom is 0.191 e. The Kier molecular flexibility index (Phi) is 7.23. The van der Waals surface area contributed by atoms with E-state index in [1.807, 2.05) is 16.7 Å². The molecule has 2 N–H and O–H groups in total. The minimum atomic E-state index is -0.340. The molecule has 19 heavy (non-hydrogen) atoms. The lowest BCUT2D eigenvalue weighted by molar-refractivity contribution is 0.455. The third-order valence-electron chi connectivity index (χ3n) is 2.76. The average molecular weight is 416 g/mol. The molecule has 0 aliphatic carbocycles. The summed E-state index contributed by atoms with van der Waals surface area (Å²) in [5.41, 5.74) is 6.40. The second-order valence-corrected chi connectivity index (χ2v) is 5.67. The molecule has 0 atom stereocenters. The third-order valence-corrected chi connectivity index (χ3v) is 3.94. The molecule has 1 heterocycles. The molecule has 0 saturated carbocycles. The van der Waals surface area contributed by atoms with Crippen LogP contribution in [-0.4, -0.2) is 35.5 Å². The van der Waals surface area contributed by atoms with E-state index in [-0.39, 0.29) is 36.3 Å². The van der Waals surface area contributed by atoms with Crippen LogP contribution in [0.25, 0.3) is 0 Å². The van der Waals surface area contributed by atoms with E-state index in [0.717, 1.165) is 24.6 Å². The zero-order valence-electron chi connectivity index (χ0n) is 10.3. The van der Waals surface area contributed by atoms with Crippen molar-refractivity contribution in [2.75, 3.05) is 24.6 Å². The van der Waals surface area contributed by atoms with Gasteiger partial charge in [0.2, 0.25) is 0 Å². The zero-order valence-corrected chi connectivity index (χ0v) is 14.2. The van der Waals surface area contributed by atoms with Crippen LogP contribution in [0.5, 0.6) is 0 Å². The van der Waals surface area contributed by atoms with Gasteiger partial charge in [-0.15, -0.1) is 24.0 Å². The van der Waals surface area contributed by atoms with Crippen LogP contribution < -0.4 is 5.73 Å². The number of rotatable bonds is 2. The molecule has 0 unspecified atom stereocenters. The number of guanidine groups is 1. The molecule has 0 aromatic heterocycles. The van der Waals surface area contributed by atoms with Crippen molar-refractivity contribution in [2.45, 2.75) is 6.54 Å². The molecule has 3 nitrogen and oxygen atoms in total. The van der Waals surface area contributed by atoms with Crippen LogP contribution in [0.15, 0.2) is 23.2 Å². The number of aliphatic imine (C=N–C) groups is 1. The number of hydrogen-bond donors (Lipinski definition) is 1. The number of halogens is 3. The fraction of sp³-hybridized carbons (Fsp3) is 0.417. The van der Waals surface area contributed by atoms with Gasteiger partial charge in [0.15, 0.2) is 5.96 Å². The van der Waals surface area contributed by atoms with Gasteiger partial charge in [-0.2, -0.15) is 11.8 Å². The Morgan fingerprint density at radius 1 is 1.42 bits per heavy atom. The highest BCUT2D eigenvalue weighted by Gasteiger charge is 2.12. The fourth-order valence-electron chi connectivity index (χ4n) is 1.71. The summed E-state index contributed by atoms with van der Waals surface area (Å²) in [6.45, 7) is 2.06. The van der Waals surface area contributed by atoms with Crippen molar-refractivity contribution in [3.05, 3.63) is 34.6 Å². The summed E-state index contributed by atoms with van der Waals surface area (Å²) < 4.78 is 13.5. The Balaban J connectivity index is 0.00000180. The summed E-state index contributed by atoms with van der Waals surface area (Å²) in [5.74, 6) is 2.27. The predicted octanol–water partition coefficient (Wildman–Crippen LogP) is 2.96. The first-order chi connectivity index (χ1) is 8.66. The van der Waals surface area contributed by atoms with Crippen molar-refractivity contribution in [3.63, 3.8) is 0 Å². The first-order valence-corrected chi connectivity index (χ1v) is 7.26. The van der Waals surface area contributed by atoms with E-state index in [4.69, 9.17) is 17.3 Å². The second-order valence-electron chi connectivity index (χ2n) is 4.01. The van der Waals surface area contributed by atoms with Gasteiger partial charge in [0.1, 0.15) is 5.82 Å². The number of nitrogens with two attached hydrogens (primary N) is 1. The van der Waals surface area contributed by atoms with Crippen LogP contribution in [0.4, 0.5) is 4.39 Å². The molecule has 1 fully saturated rings. The van der Waals surface area contributed by atoms with Crippen LogP contribution in [-0.2, 0) is 6.54 Å². The summed E-state index contributed by atoms with van der Waals surface area (Å²) in [5, 5.41) is 0.390. The van der Waals surface area contributed by atoms with E-state index in [9.17, 15) is 4.39 Å². The zero-order chi connectivity index (χ0) is 13.0. The fourth-order valence-corrected chi connectivity index (χ4v) is 2.77. The summed E-state index contributed by atoms with van der Waals surface area (Å²) in [7, 11) is 0. The minimum absolute atomic E-state index is 0. The normalized spacial score (nSPS) is 16.1. The Bertz CT molecular complexity index is 453. The second kappa shape index (κ2) is 8.16. The molecule has 106 valence electrons.